The van der Waals surface area contributed by atoms with Crippen molar-refractivity contribution in [3.63, 3.8) is 0 Å². The molecule has 1 aromatic rings. The number of anilines is 1. The molecule has 1 fully saturated rings. The van der Waals surface area contributed by atoms with Crippen LogP contribution in [0.5, 0.6) is 0 Å². The SMILES string of the molecule is CN1C(=O)N(c2ccccc2F)C(=O)/C1=N/C(Cl)C(Cl)C(Cl)(Cl)Cl. The number of aliphatic imine (C=N–C) groups is 1. The highest BCUT2D eigenvalue weighted by Gasteiger charge is 2.44. The van der Waals surface area contributed by atoms with Gasteiger partial charge < -0.3 is 0 Å². The molecule has 2 rings (SSSR count). The van der Waals surface area contributed by atoms with Gasteiger partial charge in [0.05, 0.1) is 5.69 Å². The zero-order valence-electron chi connectivity index (χ0n) is 11.9. The van der Waals surface area contributed by atoms with Crippen LogP contribution in [0.2, 0.25) is 0 Å². The Balaban J connectivity index is 2.38. The van der Waals surface area contributed by atoms with Crippen molar-refractivity contribution in [1.82, 2.24) is 4.90 Å². The molecule has 1 aliphatic rings. The fourth-order valence-corrected chi connectivity index (χ4v) is 2.79. The number of urea groups is 1. The molecule has 5 nitrogen and oxygen atoms in total. The number of hydrogen-bond acceptors (Lipinski definition) is 3. The van der Waals surface area contributed by atoms with E-state index in [9.17, 15) is 14.0 Å². The van der Waals surface area contributed by atoms with Crippen molar-refractivity contribution < 1.29 is 14.0 Å². The molecule has 0 N–H and O–H groups in total. The maximum absolute atomic E-state index is 13.9. The Bertz CT molecular complexity index is 709. The first-order valence-electron chi connectivity index (χ1n) is 6.35. The van der Waals surface area contributed by atoms with Crippen LogP contribution in [0.1, 0.15) is 0 Å². The lowest BCUT2D eigenvalue weighted by molar-refractivity contribution is -0.111. The number of benzene rings is 1. The minimum atomic E-state index is -1.94. The van der Waals surface area contributed by atoms with E-state index in [1.807, 2.05) is 0 Å². The zero-order chi connectivity index (χ0) is 18.2. The third kappa shape index (κ3) is 3.73. The first kappa shape index (κ1) is 19.5. The molecule has 0 spiro atoms. The number of amidine groups is 1. The molecular weight excluding hydrogens is 426 g/mol. The Hall–Kier alpha value is -0.790. The molecule has 2 atom stereocenters. The van der Waals surface area contributed by atoms with Crippen molar-refractivity contribution in [2.24, 2.45) is 4.99 Å². The van der Waals surface area contributed by atoms with Gasteiger partial charge in [-0.05, 0) is 12.1 Å². The lowest BCUT2D eigenvalue weighted by Gasteiger charge is -2.20. The molecule has 1 aliphatic heterocycles. The fourth-order valence-electron chi connectivity index (χ4n) is 1.90. The summed E-state index contributed by atoms with van der Waals surface area (Å²) in [5.41, 5.74) is -1.52. The van der Waals surface area contributed by atoms with E-state index in [1.165, 1.54) is 25.2 Å². The van der Waals surface area contributed by atoms with Gasteiger partial charge in [-0.25, -0.2) is 19.1 Å². The minimum Gasteiger partial charge on any atom is -0.276 e. The summed E-state index contributed by atoms with van der Waals surface area (Å²) in [5.74, 6) is -1.96. The zero-order valence-corrected chi connectivity index (χ0v) is 15.7. The van der Waals surface area contributed by atoms with Gasteiger partial charge in [-0.1, -0.05) is 58.5 Å². The molecule has 11 heteroatoms. The Labute approximate surface area is 161 Å². The van der Waals surface area contributed by atoms with E-state index in [1.54, 1.807) is 0 Å². The standard InChI is InChI=1S/C13H9Cl5FN3O2/c1-21-10(20-9(15)8(14)13(16,17)18)11(23)22(12(21)24)7-5-3-2-4-6(7)19/h2-5,8-9H,1H3/b20-10-. The molecule has 24 heavy (non-hydrogen) atoms. The van der Waals surface area contributed by atoms with Crippen molar-refractivity contribution >= 4 is 81.5 Å². The van der Waals surface area contributed by atoms with Crippen molar-refractivity contribution in [2.75, 3.05) is 11.9 Å². The largest absolute Gasteiger partial charge is 0.337 e. The van der Waals surface area contributed by atoms with Gasteiger partial charge in [0.1, 0.15) is 16.7 Å². The molecular formula is C13H9Cl5FN3O2. The van der Waals surface area contributed by atoms with Gasteiger partial charge in [0.25, 0.3) is 0 Å². The molecule has 1 aromatic carbocycles. The van der Waals surface area contributed by atoms with Crippen LogP contribution in [0.15, 0.2) is 29.3 Å². The van der Waals surface area contributed by atoms with E-state index in [2.05, 4.69) is 4.99 Å². The Morgan fingerprint density at radius 3 is 2.29 bits per heavy atom. The Morgan fingerprint density at radius 2 is 1.75 bits per heavy atom. The Kier molecular flexibility index (Phi) is 5.87. The van der Waals surface area contributed by atoms with E-state index < -0.39 is 32.4 Å². The van der Waals surface area contributed by atoms with Gasteiger partial charge in [-0.15, -0.1) is 11.6 Å². The van der Waals surface area contributed by atoms with Gasteiger partial charge in [0.15, 0.2) is 0 Å². The average molecular weight is 435 g/mol. The molecule has 1 saturated heterocycles. The summed E-state index contributed by atoms with van der Waals surface area (Å²) in [5, 5.41) is -1.27. The van der Waals surface area contributed by atoms with Crippen molar-refractivity contribution in [3.05, 3.63) is 30.1 Å². The summed E-state index contributed by atoms with van der Waals surface area (Å²) in [7, 11) is 1.28. The van der Waals surface area contributed by atoms with Crippen molar-refractivity contribution in [3.8, 4) is 0 Å². The topological polar surface area (TPSA) is 53.0 Å². The Morgan fingerprint density at radius 1 is 1.17 bits per heavy atom. The molecule has 0 radical (unpaired) electrons. The van der Waals surface area contributed by atoms with Crippen LogP contribution < -0.4 is 4.90 Å². The van der Waals surface area contributed by atoms with Gasteiger partial charge in [-0.3, -0.25) is 9.69 Å². The summed E-state index contributed by atoms with van der Waals surface area (Å²) < 4.78 is 11.9. The molecule has 0 aromatic heterocycles. The smallest absolute Gasteiger partial charge is 0.276 e. The van der Waals surface area contributed by atoms with Crippen LogP contribution in [-0.4, -0.2) is 44.4 Å². The molecule has 2 unspecified atom stereocenters. The number of imide groups is 1. The van der Waals surface area contributed by atoms with Crippen LogP contribution in [0.4, 0.5) is 14.9 Å². The maximum Gasteiger partial charge on any atom is 0.337 e. The number of carbonyl (C=O) groups is 2. The number of likely N-dealkylation sites (N-methyl/N-ethyl adjacent to an activating group) is 1. The monoisotopic (exact) mass is 433 g/mol. The van der Waals surface area contributed by atoms with Crippen LogP contribution >= 0.6 is 58.0 Å². The fraction of sp³-hybridized carbons (Fsp3) is 0.308. The minimum absolute atomic E-state index is 0.209. The second-order valence-electron chi connectivity index (χ2n) is 4.70. The lowest BCUT2D eigenvalue weighted by Crippen LogP contribution is -2.32. The number of nitrogens with zero attached hydrogens (tertiary/aromatic N) is 3. The summed E-state index contributed by atoms with van der Waals surface area (Å²) >= 11 is 28.7. The molecule has 1 heterocycles. The van der Waals surface area contributed by atoms with Crippen LogP contribution in [0, 0.1) is 5.82 Å². The summed E-state index contributed by atoms with van der Waals surface area (Å²) in [4.78, 5) is 30.1. The second kappa shape index (κ2) is 7.22. The quantitative estimate of drug-likeness (QED) is 0.407. The van der Waals surface area contributed by atoms with Crippen LogP contribution in [0.3, 0.4) is 0 Å². The highest BCUT2D eigenvalue weighted by atomic mass is 35.6. The number of alkyl halides is 5. The number of para-hydroxylation sites is 1. The lowest BCUT2D eigenvalue weighted by atomic mass is 10.3. The van der Waals surface area contributed by atoms with E-state index in [0.29, 0.717) is 4.90 Å². The molecule has 0 aliphatic carbocycles. The third-order valence-electron chi connectivity index (χ3n) is 3.08. The predicted molar refractivity (Wildman–Crippen MR) is 94.1 cm³/mol. The van der Waals surface area contributed by atoms with Gasteiger partial charge >= 0.3 is 11.9 Å². The summed E-state index contributed by atoms with van der Waals surface area (Å²) in [6, 6.07) is 4.51. The van der Waals surface area contributed by atoms with Gasteiger partial charge in [0, 0.05) is 7.05 Å². The molecule has 0 bridgehead atoms. The number of halogens is 6. The highest BCUT2D eigenvalue weighted by molar-refractivity contribution is 6.70. The van der Waals surface area contributed by atoms with Crippen LogP contribution in [-0.2, 0) is 4.79 Å². The van der Waals surface area contributed by atoms with Gasteiger partial charge in [-0.2, -0.15) is 0 Å². The molecule has 0 saturated carbocycles. The van der Waals surface area contributed by atoms with E-state index in [-0.39, 0.29) is 11.5 Å². The first-order valence-corrected chi connectivity index (χ1v) is 8.35. The first-order chi connectivity index (χ1) is 11.1. The normalized spacial score (nSPS) is 20.0. The second-order valence-corrected chi connectivity index (χ2v) is 7.99. The maximum atomic E-state index is 13.9. The summed E-state index contributed by atoms with van der Waals surface area (Å²) in [6.45, 7) is 0. The number of amides is 3. The molecule has 3 amide bonds. The highest BCUT2D eigenvalue weighted by Crippen LogP contribution is 2.38. The number of carbonyl (C=O) groups excluding carboxylic acids is 2. The van der Waals surface area contributed by atoms with Crippen LogP contribution in [0.25, 0.3) is 0 Å². The number of hydrogen-bond donors (Lipinski definition) is 0. The van der Waals surface area contributed by atoms with E-state index in [4.69, 9.17) is 58.0 Å². The van der Waals surface area contributed by atoms with Crippen molar-refractivity contribution in [2.45, 2.75) is 14.7 Å². The summed E-state index contributed by atoms with van der Waals surface area (Å²) in [6.07, 6.45) is 0. The average Bonchev–Trinajstić information content (AvgIpc) is 2.70. The number of rotatable bonds is 3. The third-order valence-corrected chi connectivity index (χ3v) is 5.17. The van der Waals surface area contributed by atoms with Crippen molar-refractivity contribution in [1.29, 1.82) is 0 Å². The van der Waals surface area contributed by atoms with E-state index in [0.717, 1.165) is 11.0 Å². The van der Waals surface area contributed by atoms with Gasteiger partial charge in [0.2, 0.25) is 9.63 Å². The predicted octanol–water partition coefficient (Wildman–Crippen LogP) is 4.17. The van der Waals surface area contributed by atoms with E-state index >= 15 is 0 Å². The molecule has 130 valence electrons.